The lowest BCUT2D eigenvalue weighted by Gasteiger charge is -2.48. The van der Waals surface area contributed by atoms with Gasteiger partial charge in [0.1, 0.15) is 10.5 Å². The maximum Gasteiger partial charge on any atom is 0.349 e. The van der Waals surface area contributed by atoms with Gasteiger partial charge in [0.15, 0.2) is 0 Å². The molecule has 2 heterocycles. The average molecular weight is 609 g/mol. The molecule has 42 heavy (non-hydrogen) atoms. The number of carbonyl (C=O) groups excluding carboxylic acids is 3. The van der Waals surface area contributed by atoms with E-state index in [-0.39, 0.29) is 17.8 Å². The van der Waals surface area contributed by atoms with E-state index in [2.05, 4.69) is 5.32 Å². The molecule has 3 aromatic rings. The molecule has 0 bridgehead atoms. The van der Waals surface area contributed by atoms with Crippen LogP contribution in [0.25, 0.3) is 0 Å². The van der Waals surface area contributed by atoms with Crippen LogP contribution in [0.4, 0.5) is 0 Å². The Morgan fingerprint density at radius 2 is 1.79 bits per heavy atom. The number of hydrogen-bond acceptors (Lipinski definition) is 6. The Bertz CT molecular complexity index is 1450. The number of halogens is 1. The second-order valence-corrected chi connectivity index (χ2v) is 13.4. The number of aliphatic hydroxyl groups is 1. The molecule has 2 aromatic carbocycles. The van der Waals surface area contributed by atoms with E-state index in [1.165, 1.54) is 11.3 Å². The SMILES string of the molecule is CC(C)(C)OC(=O)c1sccc1CCNC(=O)[C@@H]1c2ccccc2C(=O)N([C@H]2CCCC[C@@H]2O)[C@H]1c1ccc(Cl)cc1. The van der Waals surface area contributed by atoms with Crippen molar-refractivity contribution in [2.75, 3.05) is 6.54 Å². The van der Waals surface area contributed by atoms with E-state index in [9.17, 15) is 19.5 Å². The van der Waals surface area contributed by atoms with Crippen LogP contribution in [0.1, 0.15) is 95.1 Å². The first-order valence-electron chi connectivity index (χ1n) is 14.5. The quantitative estimate of drug-likeness (QED) is 0.307. The number of ether oxygens (including phenoxy) is 1. The molecule has 2 N–H and O–H groups in total. The number of amides is 2. The van der Waals surface area contributed by atoms with Gasteiger partial charge in [0, 0.05) is 17.1 Å². The van der Waals surface area contributed by atoms with E-state index < -0.39 is 29.7 Å². The Morgan fingerprint density at radius 3 is 2.50 bits per heavy atom. The second-order valence-electron chi connectivity index (χ2n) is 12.0. The van der Waals surface area contributed by atoms with Gasteiger partial charge in [0.05, 0.1) is 24.1 Å². The zero-order valence-corrected chi connectivity index (χ0v) is 25.7. The first-order chi connectivity index (χ1) is 20.0. The van der Waals surface area contributed by atoms with Crippen LogP contribution in [0.5, 0.6) is 0 Å². The van der Waals surface area contributed by atoms with Gasteiger partial charge in [-0.2, -0.15) is 0 Å². The van der Waals surface area contributed by atoms with Crippen LogP contribution in [-0.2, 0) is 16.0 Å². The van der Waals surface area contributed by atoms with Gasteiger partial charge in [-0.3, -0.25) is 9.59 Å². The molecule has 5 rings (SSSR count). The number of nitrogens with one attached hydrogen (secondary N) is 1. The van der Waals surface area contributed by atoms with Crippen molar-refractivity contribution in [1.29, 1.82) is 0 Å². The number of benzene rings is 2. The summed E-state index contributed by atoms with van der Waals surface area (Å²) in [5.41, 5.74) is 2.13. The first-order valence-corrected chi connectivity index (χ1v) is 15.7. The Labute approximate surface area is 255 Å². The molecule has 2 amide bonds. The maximum atomic E-state index is 14.1. The summed E-state index contributed by atoms with van der Waals surface area (Å²) in [6.45, 7) is 5.80. The molecule has 1 aromatic heterocycles. The summed E-state index contributed by atoms with van der Waals surface area (Å²) < 4.78 is 5.56. The molecule has 0 spiro atoms. The van der Waals surface area contributed by atoms with Crippen molar-refractivity contribution in [2.24, 2.45) is 0 Å². The molecule has 1 saturated carbocycles. The number of hydrogen-bond donors (Lipinski definition) is 2. The van der Waals surface area contributed by atoms with E-state index in [1.807, 2.05) is 56.5 Å². The molecule has 1 aliphatic carbocycles. The fourth-order valence-corrected chi connectivity index (χ4v) is 7.05. The van der Waals surface area contributed by atoms with Gasteiger partial charge in [-0.25, -0.2) is 4.79 Å². The number of thiophene rings is 1. The zero-order chi connectivity index (χ0) is 30.0. The molecule has 4 atom stereocenters. The lowest BCUT2D eigenvalue weighted by molar-refractivity contribution is -0.125. The fraction of sp³-hybridized carbons (Fsp3) is 0.424. The van der Waals surface area contributed by atoms with Gasteiger partial charge in [0.2, 0.25) is 5.91 Å². The monoisotopic (exact) mass is 608 g/mol. The Balaban J connectivity index is 1.45. The highest BCUT2D eigenvalue weighted by Gasteiger charge is 2.48. The Morgan fingerprint density at radius 1 is 1.07 bits per heavy atom. The molecule has 0 radical (unpaired) electrons. The lowest BCUT2D eigenvalue weighted by Crippen LogP contribution is -2.55. The Kier molecular flexibility index (Phi) is 9.06. The minimum Gasteiger partial charge on any atom is -0.456 e. The summed E-state index contributed by atoms with van der Waals surface area (Å²) >= 11 is 7.55. The number of fused-ring (bicyclic) bond motifs is 1. The highest BCUT2D eigenvalue weighted by Crippen LogP contribution is 2.46. The van der Waals surface area contributed by atoms with Gasteiger partial charge in [-0.1, -0.05) is 54.8 Å². The second kappa shape index (κ2) is 12.6. The average Bonchev–Trinajstić information content (AvgIpc) is 3.42. The maximum absolute atomic E-state index is 14.1. The molecule has 222 valence electrons. The predicted molar refractivity (Wildman–Crippen MR) is 164 cm³/mol. The molecule has 1 fully saturated rings. The highest BCUT2D eigenvalue weighted by molar-refractivity contribution is 7.12. The van der Waals surface area contributed by atoms with Gasteiger partial charge in [-0.15, -0.1) is 11.3 Å². The summed E-state index contributed by atoms with van der Waals surface area (Å²) in [7, 11) is 0. The minimum atomic E-state index is -0.706. The first kappa shape index (κ1) is 30.3. The van der Waals surface area contributed by atoms with Crippen molar-refractivity contribution < 1.29 is 24.2 Å². The summed E-state index contributed by atoms with van der Waals surface area (Å²) in [6, 6.07) is 15.3. The molecule has 9 heteroatoms. The normalized spacial score (nSPS) is 22.4. The highest BCUT2D eigenvalue weighted by atomic mass is 35.5. The molecule has 1 aliphatic heterocycles. The van der Waals surface area contributed by atoms with Crippen molar-refractivity contribution in [3.8, 4) is 0 Å². The molecule has 0 unspecified atom stereocenters. The lowest BCUT2D eigenvalue weighted by atomic mass is 9.76. The smallest absolute Gasteiger partial charge is 0.349 e. The summed E-state index contributed by atoms with van der Waals surface area (Å²) in [6.07, 6.45) is 2.86. The Hall–Kier alpha value is -3.20. The summed E-state index contributed by atoms with van der Waals surface area (Å²) in [5, 5.41) is 16.6. The molecular formula is C33H37ClN2O5S. The van der Waals surface area contributed by atoms with Crippen LogP contribution >= 0.6 is 22.9 Å². The number of aliphatic hydroxyl groups excluding tert-OH is 1. The number of esters is 1. The van der Waals surface area contributed by atoms with Crippen molar-refractivity contribution in [3.05, 3.63) is 92.1 Å². The summed E-state index contributed by atoms with van der Waals surface area (Å²) in [4.78, 5) is 43.2. The van der Waals surface area contributed by atoms with Gasteiger partial charge in [-0.05, 0) is 86.4 Å². The minimum absolute atomic E-state index is 0.180. The van der Waals surface area contributed by atoms with Crippen LogP contribution in [0.15, 0.2) is 60.0 Å². The van der Waals surface area contributed by atoms with Crippen LogP contribution in [0, 0.1) is 0 Å². The van der Waals surface area contributed by atoms with Crippen LogP contribution in [0.3, 0.4) is 0 Å². The van der Waals surface area contributed by atoms with Crippen molar-refractivity contribution in [2.45, 2.75) is 82.6 Å². The van der Waals surface area contributed by atoms with Crippen molar-refractivity contribution in [3.63, 3.8) is 0 Å². The van der Waals surface area contributed by atoms with Crippen molar-refractivity contribution in [1.82, 2.24) is 10.2 Å². The van der Waals surface area contributed by atoms with Gasteiger partial charge in [0.25, 0.3) is 5.91 Å². The third kappa shape index (κ3) is 6.41. The van der Waals surface area contributed by atoms with Gasteiger partial charge >= 0.3 is 5.97 Å². The van der Waals surface area contributed by atoms with Crippen molar-refractivity contribution >= 4 is 40.7 Å². The fourth-order valence-electron chi connectivity index (χ4n) is 6.10. The van der Waals surface area contributed by atoms with E-state index in [0.29, 0.717) is 46.8 Å². The molecule has 0 saturated heterocycles. The van der Waals surface area contributed by atoms with E-state index in [0.717, 1.165) is 24.0 Å². The predicted octanol–water partition coefficient (Wildman–Crippen LogP) is 6.30. The number of nitrogens with zero attached hydrogens (tertiary/aromatic N) is 1. The number of carbonyl (C=O) groups is 3. The molecule has 7 nitrogen and oxygen atoms in total. The van der Waals surface area contributed by atoms with E-state index in [1.54, 1.807) is 29.2 Å². The number of rotatable bonds is 7. The molecular weight excluding hydrogens is 572 g/mol. The molecule has 2 aliphatic rings. The van der Waals surface area contributed by atoms with Crippen LogP contribution in [-0.4, -0.2) is 52.1 Å². The summed E-state index contributed by atoms with van der Waals surface area (Å²) in [5.74, 6) is -1.48. The third-order valence-corrected chi connectivity index (χ3v) is 9.13. The topological polar surface area (TPSA) is 95.9 Å². The van der Waals surface area contributed by atoms with E-state index >= 15 is 0 Å². The van der Waals surface area contributed by atoms with E-state index in [4.69, 9.17) is 16.3 Å². The standard InChI is InChI=1S/C33H37ClN2O5S/c1-33(2,3)41-32(40)29-21(17-19-42-29)16-18-35-30(38)27-23-8-4-5-9-24(23)31(39)36(25-10-6-7-11-26(25)37)28(27)20-12-14-22(34)15-13-20/h4-5,8-9,12-15,17,19,25-28,37H,6-7,10-11,16,18H2,1-3H3,(H,35,38)/t25-,26-,27+,28-/m0/s1. The van der Waals surface area contributed by atoms with Crippen LogP contribution in [0.2, 0.25) is 5.02 Å². The third-order valence-electron chi connectivity index (χ3n) is 7.95. The van der Waals surface area contributed by atoms with Gasteiger partial charge < -0.3 is 20.1 Å². The zero-order valence-electron chi connectivity index (χ0n) is 24.1. The largest absolute Gasteiger partial charge is 0.456 e. The van der Waals surface area contributed by atoms with Crippen LogP contribution < -0.4 is 5.32 Å².